The van der Waals surface area contributed by atoms with Crippen molar-refractivity contribution in [3.05, 3.63) is 23.0 Å². The van der Waals surface area contributed by atoms with Crippen LogP contribution in [0, 0.1) is 0 Å². The molecule has 1 aliphatic carbocycles. The van der Waals surface area contributed by atoms with Crippen LogP contribution in [0.3, 0.4) is 0 Å². The highest BCUT2D eigenvalue weighted by Crippen LogP contribution is 2.31. The second kappa shape index (κ2) is 3.02. The van der Waals surface area contributed by atoms with E-state index in [4.69, 9.17) is 5.73 Å². The number of hydrogen-bond acceptors (Lipinski definition) is 2. The maximum Gasteiger partial charge on any atom is 0.0660 e. The number of hydrogen-bond donors (Lipinski definition) is 1. The predicted octanol–water partition coefficient (Wildman–Crippen LogP) is 2.28. The molecule has 0 fully saturated rings. The van der Waals surface area contributed by atoms with E-state index in [1.54, 1.807) is 0 Å². The molecule has 0 aliphatic heterocycles. The van der Waals surface area contributed by atoms with Crippen molar-refractivity contribution < 1.29 is 0 Å². The summed E-state index contributed by atoms with van der Waals surface area (Å²) < 4.78 is 0. The van der Waals surface area contributed by atoms with Gasteiger partial charge in [-0.2, -0.15) is 0 Å². The third-order valence-electron chi connectivity index (χ3n) is 2.77. The van der Waals surface area contributed by atoms with Crippen molar-refractivity contribution in [1.29, 1.82) is 0 Å². The molecule has 2 N–H and O–H groups in total. The molecule has 0 spiro atoms. The first kappa shape index (κ1) is 8.54. The van der Waals surface area contributed by atoms with Crippen LogP contribution in [0.15, 0.2) is 6.20 Å². The molecule has 1 heterocycles. The van der Waals surface area contributed by atoms with Crippen molar-refractivity contribution in [2.45, 2.75) is 39.0 Å². The fourth-order valence-corrected chi connectivity index (χ4v) is 2.05. The molecule has 0 unspecified atom stereocenters. The summed E-state index contributed by atoms with van der Waals surface area (Å²) in [5.41, 5.74) is 10.8. The Bertz CT molecular complexity index is 329. The molecule has 1 aromatic rings. The molecule has 0 aromatic carbocycles. The summed E-state index contributed by atoms with van der Waals surface area (Å²) in [6.45, 7) is 4.28. The van der Waals surface area contributed by atoms with Gasteiger partial charge in [-0.05, 0) is 36.3 Å². The topological polar surface area (TPSA) is 38.9 Å². The quantitative estimate of drug-likeness (QED) is 0.713. The van der Waals surface area contributed by atoms with E-state index in [9.17, 15) is 0 Å². The molecule has 0 saturated heterocycles. The maximum atomic E-state index is 6.07. The monoisotopic (exact) mass is 176 g/mol. The average Bonchev–Trinajstić information content (AvgIpc) is 2.52. The molecule has 2 heteroatoms. The summed E-state index contributed by atoms with van der Waals surface area (Å²) in [7, 11) is 0. The summed E-state index contributed by atoms with van der Waals surface area (Å²) in [5, 5.41) is 0. The second-order valence-electron chi connectivity index (χ2n) is 4.07. The van der Waals surface area contributed by atoms with Gasteiger partial charge in [0.1, 0.15) is 0 Å². The summed E-state index contributed by atoms with van der Waals surface area (Å²) in [6, 6.07) is 0. The number of pyridine rings is 1. The normalized spacial score (nSPS) is 15.0. The Morgan fingerprint density at radius 3 is 2.85 bits per heavy atom. The zero-order valence-electron chi connectivity index (χ0n) is 8.30. The van der Waals surface area contributed by atoms with Crippen molar-refractivity contribution in [2.24, 2.45) is 0 Å². The third-order valence-corrected chi connectivity index (χ3v) is 2.77. The number of fused-ring (bicyclic) bond motifs is 1. The Morgan fingerprint density at radius 2 is 2.15 bits per heavy atom. The molecule has 13 heavy (non-hydrogen) atoms. The lowest BCUT2D eigenvalue weighted by Crippen LogP contribution is -2.04. The van der Waals surface area contributed by atoms with Crippen LogP contribution in [0.1, 0.15) is 43.0 Å². The fraction of sp³-hybridized carbons (Fsp3) is 0.545. The van der Waals surface area contributed by atoms with Crippen molar-refractivity contribution in [3.8, 4) is 0 Å². The average molecular weight is 176 g/mol. The summed E-state index contributed by atoms with van der Waals surface area (Å²) in [5.74, 6) is 0.436. The number of nitrogen functional groups attached to an aromatic ring is 1. The smallest absolute Gasteiger partial charge is 0.0660 e. The minimum atomic E-state index is 0.436. The highest BCUT2D eigenvalue weighted by Gasteiger charge is 2.17. The zero-order chi connectivity index (χ0) is 9.42. The van der Waals surface area contributed by atoms with Crippen LogP contribution in [-0.2, 0) is 12.8 Å². The van der Waals surface area contributed by atoms with Crippen LogP contribution in [0.2, 0.25) is 0 Å². The first-order chi connectivity index (χ1) is 6.20. The van der Waals surface area contributed by atoms with Gasteiger partial charge in [-0.25, -0.2) is 0 Å². The molecule has 0 bridgehead atoms. The van der Waals surface area contributed by atoms with Crippen molar-refractivity contribution in [1.82, 2.24) is 4.98 Å². The molecule has 0 saturated carbocycles. The summed E-state index contributed by atoms with van der Waals surface area (Å²) in [6.07, 6.45) is 5.55. The van der Waals surface area contributed by atoms with Crippen LogP contribution in [0.5, 0.6) is 0 Å². The van der Waals surface area contributed by atoms with Gasteiger partial charge in [0.25, 0.3) is 0 Å². The number of rotatable bonds is 1. The molecular weight excluding hydrogens is 160 g/mol. The lowest BCUT2D eigenvalue weighted by Gasteiger charge is -2.11. The van der Waals surface area contributed by atoms with Crippen molar-refractivity contribution in [2.75, 3.05) is 5.73 Å². The Labute approximate surface area is 79.2 Å². The van der Waals surface area contributed by atoms with Crippen LogP contribution >= 0.6 is 0 Å². The maximum absolute atomic E-state index is 6.07. The SMILES string of the molecule is CC(C)c1ncc2c(c1N)CCC2. The predicted molar refractivity (Wildman–Crippen MR) is 54.8 cm³/mol. The molecule has 0 radical (unpaired) electrons. The Kier molecular flexibility index (Phi) is 1.98. The minimum absolute atomic E-state index is 0.436. The van der Waals surface area contributed by atoms with Crippen LogP contribution < -0.4 is 5.73 Å². The standard InChI is InChI=1S/C11H16N2/c1-7(2)11-10(12)9-5-3-4-8(9)6-13-11/h6-7H,3-5,12H2,1-2H3. The van der Waals surface area contributed by atoms with E-state index in [0.717, 1.165) is 24.2 Å². The van der Waals surface area contributed by atoms with E-state index in [0.29, 0.717) is 5.92 Å². The molecule has 2 nitrogen and oxygen atoms in total. The first-order valence-corrected chi connectivity index (χ1v) is 4.96. The zero-order valence-corrected chi connectivity index (χ0v) is 8.30. The summed E-state index contributed by atoms with van der Waals surface area (Å²) in [4.78, 5) is 4.42. The molecule has 70 valence electrons. The number of aromatic nitrogens is 1. The Balaban J connectivity index is 2.52. The second-order valence-corrected chi connectivity index (χ2v) is 4.07. The number of nitrogens with zero attached hydrogens (tertiary/aromatic N) is 1. The lowest BCUT2D eigenvalue weighted by molar-refractivity contribution is 0.823. The molecular formula is C11H16N2. The largest absolute Gasteiger partial charge is 0.397 e. The van der Waals surface area contributed by atoms with Crippen LogP contribution in [-0.4, -0.2) is 4.98 Å². The highest BCUT2D eigenvalue weighted by atomic mass is 14.7. The molecule has 0 amide bonds. The molecule has 1 aliphatic rings. The van der Waals surface area contributed by atoms with E-state index in [1.807, 2.05) is 6.20 Å². The van der Waals surface area contributed by atoms with Crippen molar-refractivity contribution >= 4 is 5.69 Å². The Morgan fingerprint density at radius 1 is 1.38 bits per heavy atom. The number of aryl methyl sites for hydroxylation is 1. The van der Waals surface area contributed by atoms with Gasteiger partial charge >= 0.3 is 0 Å². The van der Waals surface area contributed by atoms with Gasteiger partial charge in [0, 0.05) is 6.20 Å². The summed E-state index contributed by atoms with van der Waals surface area (Å²) >= 11 is 0. The van der Waals surface area contributed by atoms with E-state index in [1.165, 1.54) is 17.5 Å². The molecule has 2 rings (SSSR count). The van der Waals surface area contributed by atoms with Gasteiger partial charge in [0.05, 0.1) is 11.4 Å². The molecule has 1 aromatic heterocycles. The first-order valence-electron chi connectivity index (χ1n) is 4.96. The highest BCUT2D eigenvalue weighted by molar-refractivity contribution is 5.56. The van der Waals surface area contributed by atoms with E-state index < -0.39 is 0 Å². The van der Waals surface area contributed by atoms with E-state index in [2.05, 4.69) is 18.8 Å². The van der Waals surface area contributed by atoms with Crippen LogP contribution in [0.4, 0.5) is 5.69 Å². The fourth-order valence-electron chi connectivity index (χ4n) is 2.05. The van der Waals surface area contributed by atoms with Crippen LogP contribution in [0.25, 0.3) is 0 Å². The van der Waals surface area contributed by atoms with E-state index >= 15 is 0 Å². The lowest BCUT2D eigenvalue weighted by atomic mass is 10.0. The van der Waals surface area contributed by atoms with Gasteiger partial charge in [-0.3, -0.25) is 4.98 Å². The van der Waals surface area contributed by atoms with Crippen molar-refractivity contribution in [3.63, 3.8) is 0 Å². The Hall–Kier alpha value is -1.05. The van der Waals surface area contributed by atoms with Gasteiger partial charge in [-0.15, -0.1) is 0 Å². The third kappa shape index (κ3) is 1.30. The van der Waals surface area contributed by atoms with Gasteiger partial charge < -0.3 is 5.73 Å². The van der Waals surface area contributed by atoms with Gasteiger partial charge in [0.2, 0.25) is 0 Å². The minimum Gasteiger partial charge on any atom is -0.397 e. The van der Waals surface area contributed by atoms with Gasteiger partial charge in [0.15, 0.2) is 0 Å². The van der Waals surface area contributed by atoms with E-state index in [-0.39, 0.29) is 0 Å². The molecule has 0 atom stereocenters. The number of anilines is 1. The number of nitrogens with two attached hydrogens (primary N) is 1. The van der Waals surface area contributed by atoms with Gasteiger partial charge in [-0.1, -0.05) is 13.8 Å².